The Morgan fingerprint density at radius 3 is 2.15 bits per heavy atom. The number of anilines is 2. The van der Waals surface area contributed by atoms with Crippen molar-refractivity contribution in [1.82, 2.24) is 4.98 Å². The number of rotatable bonds is 4. The summed E-state index contributed by atoms with van der Waals surface area (Å²) in [5.41, 5.74) is 6.72. The number of carbonyl (C=O) groups excluding carboxylic acids is 1. The van der Waals surface area contributed by atoms with Crippen LogP contribution in [0.25, 0.3) is 0 Å². The predicted molar refractivity (Wildman–Crippen MR) is 99.3 cm³/mol. The summed E-state index contributed by atoms with van der Waals surface area (Å²) in [5.74, 6) is -0.471. The minimum atomic E-state index is -0.445. The van der Waals surface area contributed by atoms with Gasteiger partial charge in [0.15, 0.2) is 0 Å². The van der Waals surface area contributed by atoms with Crippen LogP contribution in [0.2, 0.25) is 0 Å². The second-order valence-corrected chi connectivity index (χ2v) is 5.73. The van der Waals surface area contributed by atoms with Crippen molar-refractivity contribution >= 4 is 17.3 Å². The van der Waals surface area contributed by atoms with Crippen LogP contribution in [0.4, 0.5) is 11.4 Å². The van der Waals surface area contributed by atoms with Gasteiger partial charge in [-0.05, 0) is 43.7 Å². The third-order valence-electron chi connectivity index (χ3n) is 3.92. The van der Waals surface area contributed by atoms with Gasteiger partial charge >= 0.3 is 0 Å². The minimum absolute atomic E-state index is 0.190. The Kier molecular flexibility index (Phi) is 5.85. The van der Waals surface area contributed by atoms with E-state index < -0.39 is 10.9 Å². The van der Waals surface area contributed by atoms with E-state index in [1.54, 1.807) is 50.5 Å². The number of benzene rings is 1. The van der Waals surface area contributed by atoms with Crippen LogP contribution in [0.3, 0.4) is 0 Å². The number of hydrogen-bond acceptors (Lipinski definition) is 6. The van der Waals surface area contributed by atoms with Crippen LogP contribution in [0.15, 0.2) is 58.4 Å². The molecule has 1 heterocycles. The number of nitrogens with one attached hydrogen (secondary N) is 1. The van der Waals surface area contributed by atoms with Crippen LogP contribution in [-0.4, -0.2) is 16.0 Å². The number of aromatic nitrogens is 1. The van der Waals surface area contributed by atoms with Gasteiger partial charge in [0.05, 0.1) is 11.6 Å². The van der Waals surface area contributed by atoms with E-state index in [-0.39, 0.29) is 17.6 Å². The van der Waals surface area contributed by atoms with Gasteiger partial charge in [0.1, 0.15) is 5.75 Å². The van der Waals surface area contributed by atoms with Gasteiger partial charge in [-0.3, -0.25) is 19.4 Å². The molecule has 0 aliphatic rings. The summed E-state index contributed by atoms with van der Waals surface area (Å²) in [6.07, 6.45) is 3.23. The predicted octanol–water partition coefficient (Wildman–Crippen LogP) is 1.71. The average molecular weight is 353 g/mol. The van der Waals surface area contributed by atoms with Crippen molar-refractivity contribution in [2.24, 2.45) is 5.73 Å². The van der Waals surface area contributed by atoms with Gasteiger partial charge in [-0.1, -0.05) is 12.1 Å². The van der Waals surface area contributed by atoms with E-state index in [4.69, 9.17) is 10.8 Å². The van der Waals surface area contributed by atoms with Crippen LogP contribution in [0.5, 0.6) is 5.75 Å². The molecule has 134 valence electrons. The molecule has 2 aromatic carbocycles. The van der Waals surface area contributed by atoms with E-state index in [2.05, 4.69) is 10.3 Å². The van der Waals surface area contributed by atoms with Crippen molar-refractivity contribution in [1.29, 1.82) is 0 Å². The topological polar surface area (TPSA) is 122 Å². The number of nitrogens with zero attached hydrogens (tertiary/aromatic N) is 1. The van der Waals surface area contributed by atoms with Gasteiger partial charge in [0.2, 0.25) is 16.8 Å². The first-order chi connectivity index (χ1) is 12.3. The van der Waals surface area contributed by atoms with Gasteiger partial charge in [-0.25, -0.2) is 0 Å². The molecular formula is C19H19N3O4. The summed E-state index contributed by atoms with van der Waals surface area (Å²) in [6.45, 7) is 3.36. The van der Waals surface area contributed by atoms with Gasteiger partial charge in [0.25, 0.3) is 0 Å². The third kappa shape index (κ3) is 4.32. The first kappa shape index (κ1) is 18.9. The number of carbonyl (C=O) groups is 1. The number of phenols is 1. The molecule has 4 N–H and O–H groups in total. The fraction of sp³-hybridized carbons (Fsp3) is 0.158. The van der Waals surface area contributed by atoms with Crippen LogP contribution in [-0.2, 0) is 4.79 Å². The van der Waals surface area contributed by atoms with E-state index in [1.807, 2.05) is 0 Å². The molecule has 0 bridgehead atoms. The molecule has 0 spiro atoms. The van der Waals surface area contributed by atoms with Crippen molar-refractivity contribution in [2.45, 2.75) is 19.8 Å². The summed E-state index contributed by atoms with van der Waals surface area (Å²) in [6, 6.07) is 9.91. The van der Waals surface area contributed by atoms with Gasteiger partial charge < -0.3 is 16.2 Å². The molecule has 1 unspecified atom stereocenters. The van der Waals surface area contributed by atoms with E-state index in [0.29, 0.717) is 11.3 Å². The highest BCUT2D eigenvalue weighted by Gasteiger charge is 2.16. The quantitative estimate of drug-likeness (QED) is 0.614. The van der Waals surface area contributed by atoms with Gasteiger partial charge in [0, 0.05) is 23.6 Å². The molecule has 0 saturated carbocycles. The molecule has 3 rings (SSSR count). The number of primary amides is 1. The minimum Gasteiger partial charge on any atom is -0.508 e. The maximum absolute atomic E-state index is 11.1. The molecule has 7 nitrogen and oxygen atoms in total. The molecule has 0 saturated heterocycles. The van der Waals surface area contributed by atoms with Crippen molar-refractivity contribution in [3.63, 3.8) is 0 Å². The highest BCUT2D eigenvalue weighted by atomic mass is 16.3. The van der Waals surface area contributed by atoms with E-state index >= 15 is 0 Å². The number of phenolic OH excluding ortho intramolecular Hbond substituents is 1. The van der Waals surface area contributed by atoms with Crippen LogP contribution in [0, 0.1) is 6.92 Å². The normalized spacial score (nSPS) is 11.3. The molecule has 1 aromatic heterocycles. The summed E-state index contributed by atoms with van der Waals surface area (Å²) in [7, 11) is 0. The lowest BCUT2D eigenvalue weighted by Gasteiger charge is -2.09. The number of pyridine rings is 1. The molecule has 1 atom stereocenters. The molecule has 0 fully saturated rings. The lowest BCUT2D eigenvalue weighted by molar-refractivity contribution is -0.119. The Morgan fingerprint density at radius 2 is 1.65 bits per heavy atom. The van der Waals surface area contributed by atoms with Crippen molar-refractivity contribution in [3.05, 3.63) is 80.4 Å². The van der Waals surface area contributed by atoms with Crippen molar-refractivity contribution in [2.75, 3.05) is 5.32 Å². The van der Waals surface area contributed by atoms with Crippen LogP contribution in [0.1, 0.15) is 24.0 Å². The molecule has 0 radical (unpaired) electrons. The second-order valence-electron chi connectivity index (χ2n) is 5.73. The molecule has 26 heavy (non-hydrogen) atoms. The van der Waals surface area contributed by atoms with E-state index in [1.165, 1.54) is 12.1 Å². The number of aromatic hydroxyl groups is 1. The van der Waals surface area contributed by atoms with Gasteiger partial charge in [-0.15, -0.1) is 0 Å². The fourth-order valence-corrected chi connectivity index (χ4v) is 2.16. The zero-order valence-electron chi connectivity index (χ0n) is 14.4. The maximum atomic E-state index is 11.1. The molecule has 0 aliphatic heterocycles. The van der Waals surface area contributed by atoms with E-state index in [9.17, 15) is 14.4 Å². The lowest BCUT2D eigenvalue weighted by atomic mass is 10.0. The highest BCUT2D eigenvalue weighted by Crippen LogP contribution is 2.17. The Balaban J connectivity index is 0.000000190. The average Bonchev–Trinajstić information content (AvgIpc) is 2.66. The summed E-state index contributed by atoms with van der Waals surface area (Å²) >= 11 is 0. The van der Waals surface area contributed by atoms with Gasteiger partial charge in [-0.2, -0.15) is 0 Å². The Labute approximate surface area is 149 Å². The zero-order valence-corrected chi connectivity index (χ0v) is 14.4. The first-order valence-corrected chi connectivity index (χ1v) is 7.86. The molecule has 1 amide bonds. The third-order valence-corrected chi connectivity index (χ3v) is 3.92. The summed E-state index contributed by atoms with van der Waals surface area (Å²) < 4.78 is 0. The molecule has 3 aromatic rings. The Morgan fingerprint density at radius 1 is 1.08 bits per heavy atom. The van der Waals surface area contributed by atoms with Crippen LogP contribution >= 0.6 is 0 Å². The largest absolute Gasteiger partial charge is 0.508 e. The highest BCUT2D eigenvalue weighted by molar-refractivity contribution is 5.81. The Hall–Kier alpha value is -3.48. The number of nitrogens with two attached hydrogens (primary N) is 1. The lowest BCUT2D eigenvalue weighted by Crippen LogP contribution is -2.35. The SMILES string of the molecule is CC(C(N)=O)c1ccc(O)cc1.Cc1c(Nc2ccncc2)c(=O)c1=O. The number of amides is 1. The number of hydrogen-bond donors (Lipinski definition) is 3. The van der Waals surface area contributed by atoms with Crippen molar-refractivity contribution in [3.8, 4) is 5.75 Å². The first-order valence-electron chi connectivity index (χ1n) is 7.86. The molecule has 7 heteroatoms. The van der Waals surface area contributed by atoms with Crippen molar-refractivity contribution < 1.29 is 9.90 Å². The molecule has 0 aliphatic carbocycles. The van der Waals surface area contributed by atoms with Crippen LogP contribution < -0.4 is 21.9 Å². The zero-order chi connectivity index (χ0) is 19.3. The monoisotopic (exact) mass is 353 g/mol. The second kappa shape index (κ2) is 8.06. The smallest absolute Gasteiger partial charge is 0.249 e. The standard InChI is InChI=1S/C10H8N2O2.C9H11NO2/c1-6-8(10(14)9(6)13)12-7-2-4-11-5-3-7;1-6(9(10)12)7-2-4-8(11)5-3-7/h2-5H,1H3,(H,11,12);2-6,11H,1H3,(H2,10,12). The Bertz CT molecular complexity index is 959. The fourth-order valence-electron chi connectivity index (χ4n) is 2.16. The molecular weight excluding hydrogens is 334 g/mol. The summed E-state index contributed by atoms with van der Waals surface area (Å²) in [5, 5.41) is 11.8. The van der Waals surface area contributed by atoms with E-state index in [0.717, 1.165) is 11.3 Å². The maximum Gasteiger partial charge on any atom is 0.249 e. The summed E-state index contributed by atoms with van der Waals surface area (Å²) in [4.78, 5) is 36.6.